The Labute approximate surface area is 51.6 Å². The Kier molecular flexibility index (Phi) is 5.41. The lowest BCUT2D eigenvalue weighted by Crippen LogP contribution is -1.66. The van der Waals surface area contributed by atoms with Gasteiger partial charge in [0.05, 0.1) is 0 Å². The number of nitrogens with zero attached hydrogens (tertiary/aromatic N) is 1. The molecule has 0 saturated heterocycles. The van der Waals surface area contributed by atoms with Crippen LogP contribution < -0.4 is 5.84 Å². The molecule has 0 unspecified atom stereocenters. The maximum atomic E-state index is 5.61. The first-order valence-electron chi connectivity index (χ1n) is 1.95. The summed E-state index contributed by atoms with van der Waals surface area (Å²) in [5.41, 5.74) is 5.61. The number of thiophene rings is 1. The number of hydrogen-bond donors (Lipinski definition) is 2. The van der Waals surface area contributed by atoms with E-state index in [1.54, 1.807) is 11.3 Å². The van der Waals surface area contributed by atoms with Crippen molar-refractivity contribution < 1.29 is 0 Å². The van der Waals surface area contributed by atoms with Gasteiger partial charge in [0.15, 0.2) is 0 Å². The van der Waals surface area contributed by atoms with Gasteiger partial charge in [-0.2, -0.15) is 16.9 Å². The SMILES string of the molecule is N=NN.c1ccsc1. The van der Waals surface area contributed by atoms with Crippen LogP contribution in [0.15, 0.2) is 28.1 Å². The van der Waals surface area contributed by atoms with Crippen LogP contribution in [0.25, 0.3) is 0 Å². The molecule has 0 amide bonds. The van der Waals surface area contributed by atoms with E-state index < -0.39 is 0 Å². The highest BCUT2D eigenvalue weighted by atomic mass is 32.1. The average molecular weight is 129 g/mol. The summed E-state index contributed by atoms with van der Waals surface area (Å²) in [6.07, 6.45) is 0. The molecule has 3 N–H and O–H groups in total. The van der Waals surface area contributed by atoms with Crippen LogP contribution in [0, 0.1) is 5.53 Å². The van der Waals surface area contributed by atoms with Crippen molar-refractivity contribution in [2.45, 2.75) is 0 Å². The van der Waals surface area contributed by atoms with E-state index in [0.29, 0.717) is 0 Å². The molecular formula is C4H7N3S. The predicted octanol–water partition coefficient (Wildman–Crippen LogP) is 1.64. The fourth-order valence-corrected chi connectivity index (χ4v) is 0.680. The van der Waals surface area contributed by atoms with E-state index in [9.17, 15) is 0 Å². The highest BCUT2D eigenvalue weighted by Gasteiger charge is 1.58. The Hall–Kier alpha value is -0.900. The molecule has 1 aromatic heterocycles. The highest BCUT2D eigenvalue weighted by Crippen LogP contribution is 1.91. The number of hydrogen-bond acceptors (Lipinski definition) is 3. The second kappa shape index (κ2) is 6.10. The molecule has 4 heteroatoms. The molecule has 0 aliphatic heterocycles. The van der Waals surface area contributed by atoms with Gasteiger partial charge in [-0.1, -0.05) is 17.4 Å². The Morgan fingerprint density at radius 3 is 1.88 bits per heavy atom. The molecule has 0 bridgehead atoms. The van der Waals surface area contributed by atoms with Crippen molar-refractivity contribution in [3.8, 4) is 0 Å². The molecule has 44 valence electrons. The monoisotopic (exact) mass is 129 g/mol. The molecule has 0 fully saturated rings. The van der Waals surface area contributed by atoms with Crippen molar-refractivity contribution in [3.63, 3.8) is 0 Å². The van der Waals surface area contributed by atoms with Crippen LogP contribution in [-0.4, -0.2) is 0 Å². The molecule has 1 heterocycles. The molecule has 3 nitrogen and oxygen atoms in total. The van der Waals surface area contributed by atoms with E-state index >= 15 is 0 Å². The number of nitrogens with two attached hydrogens (primary N) is 1. The van der Waals surface area contributed by atoms with E-state index in [0.717, 1.165) is 0 Å². The zero-order valence-corrected chi connectivity index (χ0v) is 5.06. The minimum absolute atomic E-state index is 1.71. The van der Waals surface area contributed by atoms with Crippen molar-refractivity contribution in [2.75, 3.05) is 0 Å². The summed E-state index contributed by atoms with van der Waals surface area (Å²) >= 11 is 1.71. The van der Waals surface area contributed by atoms with Crippen molar-refractivity contribution in [3.05, 3.63) is 22.9 Å². The normalized spacial score (nSPS) is 6.50. The molecule has 0 radical (unpaired) electrons. The van der Waals surface area contributed by atoms with Gasteiger partial charge in [0.2, 0.25) is 0 Å². The summed E-state index contributed by atoms with van der Waals surface area (Å²) in [4.78, 5) is 0. The second-order valence-corrected chi connectivity index (χ2v) is 1.74. The summed E-state index contributed by atoms with van der Waals surface area (Å²) < 4.78 is 0. The highest BCUT2D eigenvalue weighted by molar-refractivity contribution is 7.07. The van der Waals surface area contributed by atoms with Crippen LogP contribution in [-0.2, 0) is 0 Å². The van der Waals surface area contributed by atoms with Gasteiger partial charge in [-0.3, -0.25) is 0 Å². The second-order valence-electron chi connectivity index (χ2n) is 0.922. The molecular weight excluding hydrogens is 122 g/mol. The van der Waals surface area contributed by atoms with Crippen LogP contribution in [0.2, 0.25) is 0 Å². The van der Waals surface area contributed by atoms with Gasteiger partial charge in [-0.05, 0) is 10.8 Å². The summed E-state index contributed by atoms with van der Waals surface area (Å²) in [6.45, 7) is 0. The number of nitrogens with one attached hydrogen (secondary N) is 1. The van der Waals surface area contributed by atoms with Crippen LogP contribution in [0.3, 0.4) is 0 Å². The molecule has 0 atom stereocenters. The quantitative estimate of drug-likeness (QED) is 0.312. The van der Waals surface area contributed by atoms with Gasteiger partial charge in [0.1, 0.15) is 0 Å². The topological polar surface area (TPSA) is 62.2 Å². The van der Waals surface area contributed by atoms with E-state index in [2.05, 4.69) is 11.1 Å². The third kappa shape index (κ3) is 5.10. The molecule has 1 rings (SSSR count). The first kappa shape index (κ1) is 7.10. The van der Waals surface area contributed by atoms with E-state index in [4.69, 9.17) is 5.53 Å². The lowest BCUT2D eigenvalue weighted by Gasteiger charge is -1.40. The molecule has 1 aromatic rings. The Bertz CT molecular complexity index is 97.6. The van der Waals surface area contributed by atoms with Gasteiger partial charge < -0.3 is 5.84 Å². The number of rotatable bonds is 0. The largest absolute Gasteiger partial charge is 0.305 e. The first-order valence-corrected chi connectivity index (χ1v) is 2.90. The fraction of sp³-hybridized carbons (Fsp3) is 0. The van der Waals surface area contributed by atoms with Crippen molar-refractivity contribution in [1.82, 2.24) is 0 Å². The van der Waals surface area contributed by atoms with Crippen LogP contribution >= 0.6 is 11.3 Å². The summed E-state index contributed by atoms with van der Waals surface area (Å²) in [7, 11) is 0. The van der Waals surface area contributed by atoms with Crippen LogP contribution in [0.1, 0.15) is 0 Å². The Morgan fingerprint density at radius 1 is 1.38 bits per heavy atom. The minimum Gasteiger partial charge on any atom is -0.305 e. The minimum atomic E-state index is 1.71. The molecule has 0 aliphatic rings. The van der Waals surface area contributed by atoms with Crippen LogP contribution in [0.5, 0.6) is 0 Å². The molecule has 0 aromatic carbocycles. The van der Waals surface area contributed by atoms with Crippen molar-refractivity contribution in [1.29, 1.82) is 5.53 Å². The summed E-state index contributed by atoms with van der Waals surface area (Å²) in [5, 5.41) is 6.33. The molecule has 0 spiro atoms. The van der Waals surface area contributed by atoms with Crippen LogP contribution in [0.4, 0.5) is 0 Å². The molecule has 0 aliphatic carbocycles. The third-order valence-electron chi connectivity index (χ3n) is 0.425. The zero-order chi connectivity index (χ0) is 6.24. The maximum Gasteiger partial charge on any atom is -0.00934 e. The average Bonchev–Trinajstić information content (AvgIpc) is 2.17. The van der Waals surface area contributed by atoms with Gasteiger partial charge >= 0.3 is 0 Å². The first-order chi connectivity index (χ1) is 3.91. The predicted molar refractivity (Wildman–Crippen MR) is 33.7 cm³/mol. The maximum absolute atomic E-state index is 5.61. The smallest absolute Gasteiger partial charge is 0.00934 e. The van der Waals surface area contributed by atoms with E-state index in [1.165, 1.54) is 0 Å². The zero-order valence-electron chi connectivity index (χ0n) is 4.24. The Morgan fingerprint density at radius 2 is 1.75 bits per heavy atom. The van der Waals surface area contributed by atoms with Gasteiger partial charge in [-0.25, -0.2) is 0 Å². The van der Waals surface area contributed by atoms with Gasteiger partial charge in [0.25, 0.3) is 0 Å². The molecule has 8 heavy (non-hydrogen) atoms. The standard InChI is InChI=1S/C4H4S.H3N3/c1-2-4-5-3-1;1-3-2/h1-4H;(H3,1,2). The van der Waals surface area contributed by atoms with E-state index in [-0.39, 0.29) is 0 Å². The van der Waals surface area contributed by atoms with Gasteiger partial charge in [0, 0.05) is 0 Å². The lowest BCUT2D eigenvalue weighted by atomic mass is 10.7. The summed E-state index contributed by atoms with van der Waals surface area (Å²) in [5.74, 6) is 4.14. The summed E-state index contributed by atoms with van der Waals surface area (Å²) in [6, 6.07) is 4.04. The Balaban J connectivity index is 0.000000145. The van der Waals surface area contributed by atoms with Crippen molar-refractivity contribution in [2.24, 2.45) is 11.1 Å². The molecule has 0 saturated carbocycles. The lowest BCUT2D eigenvalue weighted by molar-refractivity contribution is 0.991. The van der Waals surface area contributed by atoms with Gasteiger partial charge in [-0.15, -0.1) is 0 Å². The third-order valence-corrected chi connectivity index (χ3v) is 1.05. The fourth-order valence-electron chi connectivity index (χ4n) is 0.227. The van der Waals surface area contributed by atoms with E-state index in [1.807, 2.05) is 22.9 Å². The van der Waals surface area contributed by atoms with Crippen molar-refractivity contribution >= 4 is 11.3 Å².